The van der Waals surface area contributed by atoms with Gasteiger partial charge in [0, 0.05) is 30.4 Å². The van der Waals surface area contributed by atoms with Gasteiger partial charge in [-0.25, -0.2) is 4.39 Å². The molecule has 2 heterocycles. The topological polar surface area (TPSA) is 62.1 Å². The molecule has 2 aromatic heterocycles. The van der Waals surface area contributed by atoms with Crippen LogP contribution in [0.1, 0.15) is 22.7 Å². The molecule has 2 aromatic carbocycles. The van der Waals surface area contributed by atoms with Crippen molar-refractivity contribution in [2.45, 2.75) is 12.8 Å². The van der Waals surface area contributed by atoms with Gasteiger partial charge in [0.15, 0.2) is 5.76 Å². The Morgan fingerprint density at radius 3 is 2.67 bits per heavy atom. The molecule has 0 spiro atoms. The number of carbonyl (C=O) groups is 1. The van der Waals surface area contributed by atoms with Crippen molar-refractivity contribution in [3.63, 3.8) is 0 Å². The van der Waals surface area contributed by atoms with Crippen LogP contribution >= 0.6 is 0 Å². The first-order chi connectivity index (χ1) is 14.6. The molecule has 4 rings (SSSR count). The van der Waals surface area contributed by atoms with Crippen molar-refractivity contribution in [3.8, 4) is 22.4 Å². The van der Waals surface area contributed by atoms with Crippen LogP contribution in [0.25, 0.3) is 22.4 Å². The van der Waals surface area contributed by atoms with E-state index in [2.05, 4.69) is 10.2 Å². The summed E-state index contributed by atoms with van der Waals surface area (Å²) in [5.41, 5.74) is 4.12. The molecule has 1 amide bonds. The van der Waals surface area contributed by atoms with Crippen LogP contribution < -0.4 is 0 Å². The fourth-order valence-corrected chi connectivity index (χ4v) is 3.39. The van der Waals surface area contributed by atoms with Gasteiger partial charge in [-0.15, -0.1) is 0 Å². The zero-order chi connectivity index (χ0) is 20.9. The number of benzene rings is 2. The molecule has 0 atom stereocenters. The Labute approximate surface area is 174 Å². The predicted octanol–water partition coefficient (Wildman–Crippen LogP) is 5.18. The number of furan rings is 1. The fraction of sp³-hybridized carbons (Fsp3) is 0.167. The van der Waals surface area contributed by atoms with E-state index in [1.807, 2.05) is 48.5 Å². The van der Waals surface area contributed by atoms with E-state index >= 15 is 0 Å². The molecule has 6 heteroatoms. The Hall–Kier alpha value is -3.67. The molecule has 0 aliphatic heterocycles. The van der Waals surface area contributed by atoms with E-state index < -0.39 is 0 Å². The second-order valence-corrected chi connectivity index (χ2v) is 7.15. The van der Waals surface area contributed by atoms with Crippen molar-refractivity contribution in [2.24, 2.45) is 0 Å². The Morgan fingerprint density at radius 1 is 1.07 bits per heavy atom. The molecule has 4 aromatic rings. The van der Waals surface area contributed by atoms with E-state index in [-0.39, 0.29) is 11.7 Å². The fourth-order valence-electron chi connectivity index (χ4n) is 3.39. The van der Waals surface area contributed by atoms with Crippen LogP contribution in [0.3, 0.4) is 0 Å². The van der Waals surface area contributed by atoms with Gasteiger partial charge in [-0.2, -0.15) is 5.10 Å². The third-order valence-corrected chi connectivity index (χ3v) is 4.98. The summed E-state index contributed by atoms with van der Waals surface area (Å²) < 4.78 is 18.9. The summed E-state index contributed by atoms with van der Waals surface area (Å²) in [6.45, 7) is 0.572. The molecule has 5 nitrogen and oxygen atoms in total. The Bertz CT molecular complexity index is 1130. The van der Waals surface area contributed by atoms with Crippen molar-refractivity contribution in [1.82, 2.24) is 15.1 Å². The van der Waals surface area contributed by atoms with E-state index in [1.54, 1.807) is 24.3 Å². The molecule has 152 valence electrons. The highest BCUT2D eigenvalue weighted by atomic mass is 19.1. The van der Waals surface area contributed by atoms with Crippen LogP contribution in [-0.2, 0) is 6.42 Å². The van der Waals surface area contributed by atoms with Crippen LogP contribution in [0, 0.1) is 5.82 Å². The van der Waals surface area contributed by atoms with Gasteiger partial charge >= 0.3 is 0 Å². The Kier molecular flexibility index (Phi) is 5.75. The number of hydrogen-bond donors (Lipinski definition) is 1. The van der Waals surface area contributed by atoms with E-state index in [4.69, 9.17) is 4.42 Å². The first-order valence-corrected chi connectivity index (χ1v) is 9.80. The summed E-state index contributed by atoms with van der Waals surface area (Å²) in [6, 6.07) is 19.8. The zero-order valence-electron chi connectivity index (χ0n) is 16.6. The molecule has 1 N–H and O–H groups in total. The molecule has 0 bridgehead atoms. The highest BCUT2D eigenvalue weighted by molar-refractivity contribution is 5.98. The van der Waals surface area contributed by atoms with Crippen LogP contribution in [0.5, 0.6) is 0 Å². The lowest BCUT2D eigenvalue weighted by atomic mass is 10.1. The maximum atomic E-state index is 13.4. The lowest BCUT2D eigenvalue weighted by Gasteiger charge is -2.16. The second kappa shape index (κ2) is 8.78. The van der Waals surface area contributed by atoms with Gasteiger partial charge in [0.1, 0.15) is 5.82 Å². The lowest BCUT2D eigenvalue weighted by Crippen LogP contribution is -2.28. The summed E-state index contributed by atoms with van der Waals surface area (Å²) in [5.74, 6) is -0.0903. The van der Waals surface area contributed by atoms with E-state index in [1.165, 1.54) is 12.1 Å². The van der Waals surface area contributed by atoms with E-state index in [9.17, 15) is 9.18 Å². The number of aromatic nitrogens is 2. The monoisotopic (exact) mass is 403 g/mol. The minimum atomic E-state index is -0.287. The minimum Gasteiger partial charge on any atom is -0.459 e. The van der Waals surface area contributed by atoms with Gasteiger partial charge in [0.25, 0.3) is 5.91 Å². The van der Waals surface area contributed by atoms with Crippen molar-refractivity contribution in [2.75, 3.05) is 13.6 Å². The summed E-state index contributed by atoms with van der Waals surface area (Å²) in [7, 11) is 1.77. The first kappa shape index (κ1) is 19.6. The maximum absolute atomic E-state index is 13.4. The highest BCUT2D eigenvalue weighted by Gasteiger charge is 2.20. The van der Waals surface area contributed by atoms with Crippen LogP contribution in [0.4, 0.5) is 4.39 Å². The molecular formula is C24H22FN3O2. The van der Waals surface area contributed by atoms with E-state index in [0.29, 0.717) is 18.0 Å². The third kappa shape index (κ3) is 4.33. The van der Waals surface area contributed by atoms with Gasteiger partial charge < -0.3 is 9.32 Å². The van der Waals surface area contributed by atoms with Crippen molar-refractivity contribution in [3.05, 3.63) is 90.3 Å². The average Bonchev–Trinajstić information content (AvgIpc) is 3.44. The van der Waals surface area contributed by atoms with Gasteiger partial charge in [-0.3, -0.25) is 9.89 Å². The lowest BCUT2D eigenvalue weighted by molar-refractivity contribution is 0.0763. The number of nitrogens with one attached hydrogen (secondary N) is 1. The summed E-state index contributed by atoms with van der Waals surface area (Å²) in [6.07, 6.45) is 3.03. The summed E-state index contributed by atoms with van der Waals surface area (Å²) in [4.78, 5) is 14.5. The highest BCUT2D eigenvalue weighted by Crippen LogP contribution is 2.25. The van der Waals surface area contributed by atoms with E-state index in [0.717, 1.165) is 35.2 Å². The van der Waals surface area contributed by atoms with Gasteiger partial charge in [0.05, 0.1) is 12.0 Å². The number of aryl methyl sites for hydroxylation is 1. The number of carbonyl (C=O) groups excluding carboxylic acids is 1. The maximum Gasteiger partial charge on any atom is 0.289 e. The summed E-state index contributed by atoms with van der Waals surface area (Å²) in [5, 5.41) is 7.25. The molecule has 0 unspecified atom stereocenters. The standard InChI is InChI=1S/C24H22FN3O2/c1-28(24(29)23-21(12-14-30-23)17-7-3-2-4-8-17)13-6-11-20-16-22(27-26-20)18-9-5-10-19(25)15-18/h2-5,7-10,12,14-16H,6,11,13H2,1H3,(H,26,27). The first-order valence-electron chi connectivity index (χ1n) is 9.80. The normalized spacial score (nSPS) is 10.9. The summed E-state index contributed by atoms with van der Waals surface area (Å²) >= 11 is 0. The SMILES string of the molecule is CN(CCCc1cc(-c2cccc(F)c2)n[nH]1)C(=O)c1occc1-c1ccccc1. The van der Waals surface area contributed by atoms with Crippen molar-refractivity contribution >= 4 is 5.91 Å². The second-order valence-electron chi connectivity index (χ2n) is 7.15. The minimum absolute atomic E-state index is 0.149. The zero-order valence-corrected chi connectivity index (χ0v) is 16.6. The average molecular weight is 403 g/mol. The largest absolute Gasteiger partial charge is 0.459 e. The molecule has 0 radical (unpaired) electrons. The van der Waals surface area contributed by atoms with Gasteiger partial charge in [0.2, 0.25) is 0 Å². The van der Waals surface area contributed by atoms with Crippen LogP contribution in [-0.4, -0.2) is 34.6 Å². The van der Waals surface area contributed by atoms with Gasteiger partial charge in [-0.05, 0) is 42.7 Å². The third-order valence-electron chi connectivity index (χ3n) is 4.98. The number of amides is 1. The molecule has 0 saturated carbocycles. The Balaban J connectivity index is 1.35. The molecule has 0 aliphatic rings. The number of H-pyrrole nitrogens is 1. The van der Waals surface area contributed by atoms with Crippen molar-refractivity contribution < 1.29 is 13.6 Å². The molecule has 30 heavy (non-hydrogen) atoms. The van der Waals surface area contributed by atoms with Crippen LogP contribution in [0.2, 0.25) is 0 Å². The number of halogens is 1. The number of nitrogens with zero attached hydrogens (tertiary/aromatic N) is 2. The predicted molar refractivity (Wildman–Crippen MR) is 113 cm³/mol. The van der Waals surface area contributed by atoms with Crippen molar-refractivity contribution in [1.29, 1.82) is 0 Å². The molecule has 0 aliphatic carbocycles. The molecule has 0 saturated heterocycles. The van der Waals surface area contributed by atoms with Gasteiger partial charge in [-0.1, -0.05) is 42.5 Å². The number of aromatic amines is 1. The number of rotatable bonds is 7. The smallest absolute Gasteiger partial charge is 0.289 e. The molecule has 0 fully saturated rings. The Morgan fingerprint density at radius 2 is 1.87 bits per heavy atom. The number of hydrogen-bond acceptors (Lipinski definition) is 3. The molecular weight excluding hydrogens is 381 g/mol. The van der Waals surface area contributed by atoms with Crippen LogP contribution in [0.15, 0.2) is 77.4 Å². The quantitative estimate of drug-likeness (QED) is 0.462.